The molecule has 20 heavy (non-hydrogen) atoms. The summed E-state index contributed by atoms with van der Waals surface area (Å²) in [4.78, 5) is 31.4. The number of hydrogen-bond donors (Lipinski definition) is 5. The first kappa shape index (κ1) is 18.3. The summed E-state index contributed by atoms with van der Waals surface area (Å²) in [6.45, 7) is 1.04. The van der Waals surface area contributed by atoms with E-state index >= 15 is 0 Å². The largest absolute Gasteiger partial charge is 0.481 e. The van der Waals surface area contributed by atoms with Crippen molar-refractivity contribution in [2.24, 2.45) is 0 Å². The lowest BCUT2D eigenvalue weighted by molar-refractivity contribution is -0.145. The average molecular weight is 290 g/mol. The maximum Gasteiger partial charge on any atom is 0.321 e. The van der Waals surface area contributed by atoms with Gasteiger partial charge in [0.1, 0.15) is 6.04 Å². The standard InChI is InChI=1S/C12H22N2O6/c15-10(16)7-9(12(19)20)14-6-4-2-1-3-5-13-8-11(17)18/h9,13-14H,1-8H2,(H,15,16)(H,17,18)(H,19,20). The summed E-state index contributed by atoms with van der Waals surface area (Å²) in [6.07, 6.45) is 2.95. The van der Waals surface area contributed by atoms with Crippen molar-refractivity contribution in [2.75, 3.05) is 19.6 Å². The Labute approximate surface area is 117 Å². The van der Waals surface area contributed by atoms with Crippen LogP contribution in [0.1, 0.15) is 32.1 Å². The Hall–Kier alpha value is -1.67. The Bertz CT molecular complexity index is 321. The zero-order valence-electron chi connectivity index (χ0n) is 11.3. The predicted octanol–water partition coefficient (Wildman–Crippen LogP) is -0.261. The summed E-state index contributed by atoms with van der Waals surface area (Å²) in [6, 6.07) is -1.05. The lowest BCUT2D eigenvalue weighted by Gasteiger charge is -2.11. The van der Waals surface area contributed by atoms with Gasteiger partial charge in [-0.25, -0.2) is 0 Å². The van der Waals surface area contributed by atoms with Gasteiger partial charge in [0.2, 0.25) is 0 Å². The monoisotopic (exact) mass is 290 g/mol. The zero-order valence-corrected chi connectivity index (χ0v) is 11.3. The van der Waals surface area contributed by atoms with E-state index in [1.807, 2.05) is 0 Å². The first-order valence-electron chi connectivity index (χ1n) is 6.54. The predicted molar refractivity (Wildman–Crippen MR) is 70.7 cm³/mol. The molecule has 8 heteroatoms. The van der Waals surface area contributed by atoms with E-state index in [4.69, 9.17) is 15.3 Å². The minimum absolute atomic E-state index is 0.0446. The quantitative estimate of drug-likeness (QED) is 0.293. The molecule has 0 spiro atoms. The molecule has 0 aromatic rings. The van der Waals surface area contributed by atoms with Crippen LogP contribution < -0.4 is 10.6 Å². The Morgan fingerprint density at radius 3 is 1.95 bits per heavy atom. The fourth-order valence-corrected chi connectivity index (χ4v) is 1.62. The number of carboxylic acid groups (broad SMARTS) is 3. The van der Waals surface area contributed by atoms with E-state index in [1.165, 1.54) is 0 Å². The van der Waals surface area contributed by atoms with Crippen LogP contribution in [-0.4, -0.2) is 58.9 Å². The van der Waals surface area contributed by atoms with Gasteiger partial charge in [0.15, 0.2) is 0 Å². The third-order valence-corrected chi connectivity index (χ3v) is 2.62. The molecular formula is C12H22N2O6. The first-order valence-corrected chi connectivity index (χ1v) is 6.54. The normalized spacial score (nSPS) is 12.0. The van der Waals surface area contributed by atoms with Crippen molar-refractivity contribution in [1.29, 1.82) is 0 Å². The summed E-state index contributed by atoms with van der Waals surface area (Å²) in [5.41, 5.74) is 0. The molecule has 0 rings (SSSR count). The first-order chi connectivity index (χ1) is 9.43. The summed E-state index contributed by atoms with van der Waals surface area (Å²) in [7, 11) is 0. The number of hydrogen-bond acceptors (Lipinski definition) is 5. The highest BCUT2D eigenvalue weighted by molar-refractivity contribution is 5.80. The van der Waals surface area contributed by atoms with Crippen molar-refractivity contribution in [3.63, 3.8) is 0 Å². The molecule has 5 N–H and O–H groups in total. The molecule has 0 amide bonds. The third-order valence-electron chi connectivity index (χ3n) is 2.62. The SMILES string of the molecule is O=C(O)CNCCCCCCNC(CC(=O)O)C(=O)O. The van der Waals surface area contributed by atoms with Gasteiger partial charge in [0, 0.05) is 0 Å². The molecule has 0 fully saturated rings. The number of carbonyl (C=O) groups is 3. The number of carboxylic acids is 3. The van der Waals surface area contributed by atoms with E-state index in [2.05, 4.69) is 10.6 Å². The molecule has 0 aliphatic rings. The van der Waals surface area contributed by atoms with Crippen LogP contribution >= 0.6 is 0 Å². The fraction of sp³-hybridized carbons (Fsp3) is 0.750. The average Bonchev–Trinajstić information content (AvgIpc) is 2.34. The molecule has 8 nitrogen and oxygen atoms in total. The number of nitrogens with one attached hydrogen (secondary N) is 2. The van der Waals surface area contributed by atoms with Crippen LogP contribution in [0.2, 0.25) is 0 Å². The molecule has 0 bridgehead atoms. The summed E-state index contributed by atoms with van der Waals surface area (Å²) < 4.78 is 0. The Balaban J connectivity index is 3.48. The molecule has 1 atom stereocenters. The maximum atomic E-state index is 10.7. The van der Waals surface area contributed by atoms with Gasteiger partial charge in [-0.1, -0.05) is 12.8 Å². The van der Waals surface area contributed by atoms with Crippen LogP contribution in [0.5, 0.6) is 0 Å². The molecule has 0 saturated heterocycles. The van der Waals surface area contributed by atoms with Crippen LogP contribution in [0, 0.1) is 0 Å². The van der Waals surface area contributed by atoms with E-state index in [1.54, 1.807) is 0 Å². The lowest BCUT2D eigenvalue weighted by Crippen LogP contribution is -2.39. The highest BCUT2D eigenvalue weighted by Gasteiger charge is 2.19. The topological polar surface area (TPSA) is 136 Å². The van der Waals surface area contributed by atoms with Gasteiger partial charge in [-0.2, -0.15) is 0 Å². The van der Waals surface area contributed by atoms with Crippen LogP contribution in [0.4, 0.5) is 0 Å². The van der Waals surface area contributed by atoms with Gasteiger partial charge in [0.05, 0.1) is 13.0 Å². The van der Waals surface area contributed by atoms with E-state index in [-0.39, 0.29) is 6.54 Å². The zero-order chi connectivity index (χ0) is 15.4. The van der Waals surface area contributed by atoms with Gasteiger partial charge >= 0.3 is 17.9 Å². The smallest absolute Gasteiger partial charge is 0.321 e. The highest BCUT2D eigenvalue weighted by atomic mass is 16.4. The molecule has 1 unspecified atom stereocenters. The van der Waals surface area contributed by atoms with Crippen molar-refractivity contribution >= 4 is 17.9 Å². The molecule has 0 aliphatic heterocycles. The summed E-state index contributed by atoms with van der Waals surface area (Å²) in [5.74, 6) is -3.19. The van der Waals surface area contributed by atoms with Crippen LogP contribution in [0.15, 0.2) is 0 Å². The summed E-state index contributed by atoms with van der Waals surface area (Å²) >= 11 is 0. The van der Waals surface area contributed by atoms with Crippen molar-refractivity contribution in [3.05, 3.63) is 0 Å². The molecule has 0 aromatic heterocycles. The Kier molecular flexibility index (Phi) is 10.2. The van der Waals surface area contributed by atoms with E-state index < -0.39 is 30.4 Å². The molecule has 0 aliphatic carbocycles. The van der Waals surface area contributed by atoms with Gasteiger partial charge in [0.25, 0.3) is 0 Å². The molecule has 0 heterocycles. The van der Waals surface area contributed by atoms with E-state index in [9.17, 15) is 14.4 Å². The third kappa shape index (κ3) is 11.4. The molecular weight excluding hydrogens is 268 g/mol. The van der Waals surface area contributed by atoms with Crippen LogP contribution in [0.3, 0.4) is 0 Å². The van der Waals surface area contributed by atoms with Gasteiger partial charge in [-0.15, -0.1) is 0 Å². The number of rotatable bonds is 13. The maximum absolute atomic E-state index is 10.7. The second-order valence-electron chi connectivity index (χ2n) is 4.43. The van der Waals surface area contributed by atoms with Gasteiger partial charge in [-0.05, 0) is 25.9 Å². The fourth-order valence-electron chi connectivity index (χ4n) is 1.62. The van der Waals surface area contributed by atoms with Crippen molar-refractivity contribution in [1.82, 2.24) is 10.6 Å². The lowest BCUT2D eigenvalue weighted by atomic mass is 10.1. The van der Waals surface area contributed by atoms with E-state index in [0.717, 1.165) is 25.7 Å². The Morgan fingerprint density at radius 2 is 1.45 bits per heavy atom. The Morgan fingerprint density at radius 1 is 0.850 bits per heavy atom. The molecule has 0 aromatic carbocycles. The van der Waals surface area contributed by atoms with E-state index in [0.29, 0.717) is 13.1 Å². The minimum Gasteiger partial charge on any atom is -0.481 e. The van der Waals surface area contributed by atoms with Gasteiger partial charge in [-0.3, -0.25) is 14.4 Å². The van der Waals surface area contributed by atoms with Crippen LogP contribution in [-0.2, 0) is 14.4 Å². The van der Waals surface area contributed by atoms with Crippen molar-refractivity contribution in [2.45, 2.75) is 38.1 Å². The number of aliphatic carboxylic acids is 3. The second kappa shape index (κ2) is 11.2. The second-order valence-corrected chi connectivity index (χ2v) is 4.43. The molecule has 0 saturated carbocycles. The summed E-state index contributed by atoms with van der Waals surface area (Å²) in [5, 5.41) is 31.2. The number of unbranched alkanes of at least 4 members (excludes halogenated alkanes) is 3. The van der Waals surface area contributed by atoms with Crippen molar-refractivity contribution < 1.29 is 29.7 Å². The van der Waals surface area contributed by atoms with Gasteiger partial charge < -0.3 is 26.0 Å². The highest BCUT2D eigenvalue weighted by Crippen LogP contribution is 1.99. The molecule has 0 radical (unpaired) electrons. The van der Waals surface area contributed by atoms with Crippen molar-refractivity contribution in [3.8, 4) is 0 Å². The molecule has 116 valence electrons. The van der Waals surface area contributed by atoms with Crippen LogP contribution in [0.25, 0.3) is 0 Å². The minimum atomic E-state index is -1.16.